The van der Waals surface area contributed by atoms with Crippen molar-refractivity contribution in [2.45, 2.75) is 24.7 Å². The zero-order chi connectivity index (χ0) is 24.6. The standard InChI is InChI=1S/C25H24N4O4S2/c1-18-6-7-19(17-22(18)23-12-13-24-25(27-23)5-4-14-26-24)28-35(32,33)21-10-8-20(9-11-21)29-15-2-3-16-34(29,30)31/h4-14,17,28H,2-3,15-16H2,1H3. The molecule has 35 heavy (non-hydrogen) atoms. The predicted molar refractivity (Wildman–Crippen MR) is 137 cm³/mol. The number of nitrogens with one attached hydrogen (secondary N) is 1. The summed E-state index contributed by atoms with van der Waals surface area (Å²) in [5.74, 6) is 0.104. The first-order chi connectivity index (χ1) is 16.7. The van der Waals surface area contributed by atoms with E-state index in [0.29, 0.717) is 24.3 Å². The van der Waals surface area contributed by atoms with E-state index in [9.17, 15) is 16.8 Å². The molecular weight excluding hydrogens is 484 g/mol. The first-order valence-electron chi connectivity index (χ1n) is 11.2. The predicted octanol–water partition coefficient (Wildman–Crippen LogP) is 4.34. The third-order valence-corrected chi connectivity index (χ3v) is 9.27. The van der Waals surface area contributed by atoms with Crippen LogP contribution in [-0.4, -0.2) is 39.1 Å². The largest absolute Gasteiger partial charge is 0.280 e. The highest BCUT2D eigenvalue weighted by Crippen LogP contribution is 2.29. The number of nitrogens with zero attached hydrogens (tertiary/aromatic N) is 3. The number of sulfonamides is 2. The topological polar surface area (TPSA) is 109 Å². The fourth-order valence-corrected chi connectivity index (χ4v) is 6.84. The Morgan fingerprint density at radius 2 is 1.74 bits per heavy atom. The number of aryl methyl sites for hydroxylation is 1. The van der Waals surface area contributed by atoms with Gasteiger partial charge in [-0.3, -0.25) is 14.0 Å². The minimum Gasteiger partial charge on any atom is -0.280 e. The van der Waals surface area contributed by atoms with Crippen LogP contribution in [0.25, 0.3) is 22.3 Å². The maximum Gasteiger partial charge on any atom is 0.261 e. The summed E-state index contributed by atoms with van der Waals surface area (Å²) in [5.41, 5.74) is 4.89. The van der Waals surface area contributed by atoms with Gasteiger partial charge in [0, 0.05) is 24.0 Å². The molecular formula is C25H24N4O4S2. The van der Waals surface area contributed by atoms with E-state index in [0.717, 1.165) is 34.3 Å². The van der Waals surface area contributed by atoms with Crippen molar-refractivity contribution in [2.75, 3.05) is 21.3 Å². The number of benzene rings is 2. The molecule has 0 unspecified atom stereocenters. The van der Waals surface area contributed by atoms with Crippen molar-refractivity contribution >= 4 is 42.5 Å². The van der Waals surface area contributed by atoms with Crippen molar-refractivity contribution in [1.82, 2.24) is 9.97 Å². The number of fused-ring (bicyclic) bond motifs is 1. The van der Waals surface area contributed by atoms with Gasteiger partial charge in [0.1, 0.15) is 0 Å². The Bertz CT molecular complexity index is 1620. The minimum absolute atomic E-state index is 0.0488. The number of anilines is 2. The van der Waals surface area contributed by atoms with E-state index in [1.807, 2.05) is 37.3 Å². The summed E-state index contributed by atoms with van der Waals surface area (Å²) in [6.45, 7) is 2.34. The van der Waals surface area contributed by atoms with Crippen molar-refractivity contribution in [3.05, 3.63) is 78.5 Å². The van der Waals surface area contributed by atoms with Crippen LogP contribution in [-0.2, 0) is 20.0 Å². The fourth-order valence-electron chi connectivity index (χ4n) is 4.15. The molecule has 0 aliphatic carbocycles. The molecule has 1 aliphatic heterocycles. The van der Waals surface area contributed by atoms with Gasteiger partial charge in [-0.1, -0.05) is 6.07 Å². The van der Waals surface area contributed by atoms with E-state index in [1.54, 1.807) is 18.3 Å². The van der Waals surface area contributed by atoms with Gasteiger partial charge in [-0.25, -0.2) is 21.8 Å². The number of aromatic nitrogens is 2. The van der Waals surface area contributed by atoms with Gasteiger partial charge < -0.3 is 0 Å². The van der Waals surface area contributed by atoms with E-state index >= 15 is 0 Å². The monoisotopic (exact) mass is 508 g/mol. The van der Waals surface area contributed by atoms with Gasteiger partial charge in [0.05, 0.1) is 33.1 Å². The third-order valence-electron chi connectivity index (χ3n) is 6.01. The van der Waals surface area contributed by atoms with Crippen LogP contribution >= 0.6 is 0 Å². The van der Waals surface area contributed by atoms with Gasteiger partial charge in [0.25, 0.3) is 10.0 Å². The molecule has 1 N–H and O–H groups in total. The van der Waals surface area contributed by atoms with Crippen LogP contribution in [0, 0.1) is 6.92 Å². The van der Waals surface area contributed by atoms with E-state index in [2.05, 4.69) is 14.7 Å². The van der Waals surface area contributed by atoms with Gasteiger partial charge in [-0.2, -0.15) is 0 Å². The molecule has 1 fully saturated rings. The fraction of sp³-hybridized carbons (Fsp3) is 0.200. The number of hydrogen-bond donors (Lipinski definition) is 1. The molecule has 0 atom stereocenters. The molecule has 1 saturated heterocycles. The molecule has 180 valence electrons. The molecule has 1 aliphatic rings. The Hall–Kier alpha value is -3.50. The molecule has 5 rings (SSSR count). The Morgan fingerprint density at radius 3 is 2.51 bits per heavy atom. The van der Waals surface area contributed by atoms with Crippen LogP contribution in [0.5, 0.6) is 0 Å². The Morgan fingerprint density at radius 1 is 0.943 bits per heavy atom. The molecule has 2 aromatic carbocycles. The molecule has 0 radical (unpaired) electrons. The number of hydrogen-bond acceptors (Lipinski definition) is 6. The Labute approximate surface area is 204 Å². The second-order valence-corrected chi connectivity index (χ2v) is 12.2. The molecule has 2 aromatic heterocycles. The SMILES string of the molecule is Cc1ccc(NS(=O)(=O)c2ccc(N3CCCCS3(=O)=O)cc2)cc1-c1ccc2ncccc2n1. The number of pyridine rings is 2. The van der Waals surface area contributed by atoms with Crippen molar-refractivity contribution in [1.29, 1.82) is 0 Å². The highest BCUT2D eigenvalue weighted by atomic mass is 32.2. The molecule has 3 heterocycles. The summed E-state index contributed by atoms with van der Waals surface area (Å²) in [6, 6.07) is 18.7. The van der Waals surface area contributed by atoms with Crippen LogP contribution in [0.2, 0.25) is 0 Å². The lowest BCUT2D eigenvalue weighted by Crippen LogP contribution is -2.37. The first-order valence-corrected chi connectivity index (χ1v) is 14.3. The smallest absolute Gasteiger partial charge is 0.261 e. The van der Waals surface area contributed by atoms with Gasteiger partial charge in [0.2, 0.25) is 10.0 Å². The van der Waals surface area contributed by atoms with Gasteiger partial charge in [-0.15, -0.1) is 0 Å². The van der Waals surface area contributed by atoms with Crippen molar-refractivity contribution in [2.24, 2.45) is 0 Å². The molecule has 0 spiro atoms. The minimum atomic E-state index is -3.88. The lowest BCUT2D eigenvalue weighted by atomic mass is 10.0. The van der Waals surface area contributed by atoms with Crippen molar-refractivity contribution in [3.8, 4) is 11.3 Å². The molecule has 0 saturated carbocycles. The van der Waals surface area contributed by atoms with Crippen LogP contribution in [0.3, 0.4) is 0 Å². The maximum atomic E-state index is 13.1. The summed E-state index contributed by atoms with van der Waals surface area (Å²) in [4.78, 5) is 9.01. The zero-order valence-corrected chi connectivity index (χ0v) is 20.7. The van der Waals surface area contributed by atoms with E-state index in [1.165, 1.54) is 28.6 Å². The van der Waals surface area contributed by atoms with E-state index in [4.69, 9.17) is 0 Å². The average molecular weight is 509 g/mol. The van der Waals surface area contributed by atoms with Gasteiger partial charge >= 0.3 is 0 Å². The quantitative estimate of drug-likeness (QED) is 0.430. The highest BCUT2D eigenvalue weighted by molar-refractivity contribution is 7.93. The van der Waals surface area contributed by atoms with Crippen LogP contribution in [0.15, 0.2) is 77.8 Å². The summed E-state index contributed by atoms with van der Waals surface area (Å²) in [6.07, 6.45) is 3.13. The van der Waals surface area contributed by atoms with Crippen LogP contribution < -0.4 is 9.03 Å². The normalized spacial score (nSPS) is 15.7. The van der Waals surface area contributed by atoms with E-state index < -0.39 is 20.0 Å². The zero-order valence-electron chi connectivity index (χ0n) is 19.0. The molecule has 8 nitrogen and oxygen atoms in total. The molecule has 10 heteroatoms. The van der Waals surface area contributed by atoms with Crippen LogP contribution in [0.1, 0.15) is 18.4 Å². The van der Waals surface area contributed by atoms with E-state index in [-0.39, 0.29) is 10.6 Å². The van der Waals surface area contributed by atoms with Crippen molar-refractivity contribution in [3.63, 3.8) is 0 Å². The first kappa shape index (κ1) is 23.3. The second kappa shape index (κ2) is 8.94. The van der Waals surface area contributed by atoms with Gasteiger partial charge in [0.15, 0.2) is 0 Å². The van der Waals surface area contributed by atoms with Gasteiger partial charge in [-0.05, 0) is 86.0 Å². The summed E-state index contributed by atoms with van der Waals surface area (Å²) in [7, 11) is -7.25. The average Bonchev–Trinajstić information content (AvgIpc) is 2.84. The Balaban J connectivity index is 1.41. The van der Waals surface area contributed by atoms with Crippen molar-refractivity contribution < 1.29 is 16.8 Å². The molecule has 4 aromatic rings. The molecule has 0 bridgehead atoms. The second-order valence-electron chi connectivity index (χ2n) is 8.46. The summed E-state index contributed by atoms with van der Waals surface area (Å²) >= 11 is 0. The lowest BCUT2D eigenvalue weighted by Gasteiger charge is -2.28. The van der Waals surface area contributed by atoms with Crippen LogP contribution in [0.4, 0.5) is 11.4 Å². The number of rotatable bonds is 5. The summed E-state index contributed by atoms with van der Waals surface area (Å²) < 4.78 is 54.8. The Kier molecular flexibility index (Phi) is 5.94. The highest BCUT2D eigenvalue weighted by Gasteiger charge is 2.26. The third kappa shape index (κ3) is 4.71. The molecule has 0 amide bonds. The maximum absolute atomic E-state index is 13.1. The summed E-state index contributed by atoms with van der Waals surface area (Å²) in [5, 5.41) is 0. The lowest BCUT2D eigenvalue weighted by molar-refractivity contribution is 0.574.